The van der Waals surface area contributed by atoms with Crippen LogP contribution >= 0.6 is 11.6 Å². The van der Waals surface area contributed by atoms with E-state index in [-0.39, 0.29) is 5.78 Å². The van der Waals surface area contributed by atoms with Crippen molar-refractivity contribution in [1.82, 2.24) is 0 Å². The molecule has 0 radical (unpaired) electrons. The SMILES string of the molecule is O=C1CCc2ccc(OCc3cccc(Cl)c3)cc21. The molecule has 0 aromatic heterocycles. The highest BCUT2D eigenvalue weighted by atomic mass is 35.5. The Morgan fingerprint density at radius 2 is 2.00 bits per heavy atom. The first-order chi connectivity index (χ1) is 9.22. The number of halogens is 1. The van der Waals surface area contributed by atoms with Gasteiger partial charge in [0, 0.05) is 17.0 Å². The molecular formula is C16H13ClO2. The fourth-order valence-electron chi connectivity index (χ4n) is 2.30. The van der Waals surface area contributed by atoms with E-state index in [1.807, 2.05) is 42.5 Å². The van der Waals surface area contributed by atoms with E-state index >= 15 is 0 Å². The van der Waals surface area contributed by atoms with Crippen LogP contribution in [0.4, 0.5) is 0 Å². The summed E-state index contributed by atoms with van der Waals surface area (Å²) in [5.41, 5.74) is 2.95. The molecule has 0 saturated heterocycles. The number of carbonyl (C=O) groups excluding carboxylic acids is 1. The quantitative estimate of drug-likeness (QED) is 0.843. The van der Waals surface area contributed by atoms with Gasteiger partial charge in [0.2, 0.25) is 0 Å². The minimum Gasteiger partial charge on any atom is -0.489 e. The van der Waals surface area contributed by atoms with Gasteiger partial charge in [0.05, 0.1) is 0 Å². The van der Waals surface area contributed by atoms with Gasteiger partial charge in [-0.1, -0.05) is 29.8 Å². The van der Waals surface area contributed by atoms with E-state index < -0.39 is 0 Å². The topological polar surface area (TPSA) is 26.3 Å². The number of hydrogen-bond acceptors (Lipinski definition) is 2. The van der Waals surface area contributed by atoms with E-state index in [1.165, 1.54) is 0 Å². The molecule has 0 saturated carbocycles. The van der Waals surface area contributed by atoms with Crippen LogP contribution in [-0.4, -0.2) is 5.78 Å². The Labute approximate surface area is 117 Å². The second kappa shape index (κ2) is 5.06. The van der Waals surface area contributed by atoms with Gasteiger partial charge < -0.3 is 4.74 Å². The molecule has 3 heteroatoms. The number of hydrogen-bond donors (Lipinski definition) is 0. The molecule has 2 nitrogen and oxygen atoms in total. The number of fused-ring (bicyclic) bond motifs is 1. The average molecular weight is 273 g/mol. The summed E-state index contributed by atoms with van der Waals surface area (Å²) in [6.07, 6.45) is 1.47. The van der Waals surface area contributed by atoms with Crippen LogP contribution in [0.1, 0.15) is 27.9 Å². The minimum absolute atomic E-state index is 0.211. The molecule has 0 bridgehead atoms. The van der Waals surface area contributed by atoms with Crippen LogP contribution in [0.25, 0.3) is 0 Å². The summed E-state index contributed by atoms with van der Waals surface area (Å²) >= 11 is 5.92. The summed E-state index contributed by atoms with van der Waals surface area (Å²) in [5, 5.41) is 0.699. The number of ether oxygens (including phenoxy) is 1. The predicted octanol–water partition coefficient (Wildman–Crippen LogP) is 4.05. The maximum Gasteiger partial charge on any atom is 0.163 e. The molecule has 0 amide bonds. The molecule has 2 aromatic carbocycles. The van der Waals surface area contributed by atoms with Gasteiger partial charge >= 0.3 is 0 Å². The monoisotopic (exact) mass is 272 g/mol. The molecule has 19 heavy (non-hydrogen) atoms. The number of carbonyl (C=O) groups is 1. The van der Waals surface area contributed by atoms with Gasteiger partial charge in [-0.2, -0.15) is 0 Å². The first-order valence-corrected chi connectivity index (χ1v) is 6.63. The molecular weight excluding hydrogens is 260 g/mol. The molecule has 1 aliphatic rings. The largest absolute Gasteiger partial charge is 0.489 e. The summed E-state index contributed by atoms with van der Waals surface area (Å²) in [6.45, 7) is 0.452. The first kappa shape index (κ1) is 12.2. The molecule has 0 fully saturated rings. The Balaban J connectivity index is 1.74. The molecule has 0 spiro atoms. The van der Waals surface area contributed by atoms with Crippen molar-refractivity contribution in [3.63, 3.8) is 0 Å². The van der Waals surface area contributed by atoms with Crippen molar-refractivity contribution in [2.75, 3.05) is 0 Å². The second-order valence-electron chi connectivity index (χ2n) is 4.66. The molecule has 0 N–H and O–H groups in total. The molecule has 96 valence electrons. The smallest absolute Gasteiger partial charge is 0.163 e. The third kappa shape index (κ3) is 2.64. The van der Waals surface area contributed by atoms with Crippen LogP contribution < -0.4 is 4.74 Å². The Bertz CT molecular complexity index is 634. The molecule has 0 unspecified atom stereocenters. The summed E-state index contributed by atoms with van der Waals surface area (Å²) in [5.74, 6) is 0.942. The van der Waals surface area contributed by atoms with Crippen molar-refractivity contribution in [2.24, 2.45) is 0 Å². The highest BCUT2D eigenvalue weighted by molar-refractivity contribution is 6.30. The first-order valence-electron chi connectivity index (χ1n) is 6.26. The molecule has 0 aliphatic heterocycles. The van der Waals surface area contributed by atoms with Gasteiger partial charge in [0.1, 0.15) is 12.4 Å². The van der Waals surface area contributed by atoms with E-state index in [9.17, 15) is 4.79 Å². The third-order valence-corrected chi connectivity index (χ3v) is 3.53. The highest BCUT2D eigenvalue weighted by Crippen LogP contribution is 2.26. The van der Waals surface area contributed by atoms with Crippen molar-refractivity contribution in [3.8, 4) is 5.75 Å². The van der Waals surface area contributed by atoms with Crippen molar-refractivity contribution < 1.29 is 9.53 Å². The normalized spacial score (nSPS) is 13.4. The van der Waals surface area contributed by atoms with Crippen molar-refractivity contribution in [1.29, 1.82) is 0 Å². The maximum absolute atomic E-state index is 11.7. The molecule has 0 atom stereocenters. The zero-order chi connectivity index (χ0) is 13.2. The van der Waals surface area contributed by atoms with Crippen LogP contribution in [0, 0.1) is 0 Å². The van der Waals surface area contributed by atoms with Crippen LogP contribution in [0.2, 0.25) is 5.02 Å². The Hall–Kier alpha value is -1.80. The van der Waals surface area contributed by atoms with Crippen LogP contribution in [0.3, 0.4) is 0 Å². The Kier molecular flexibility index (Phi) is 3.26. The van der Waals surface area contributed by atoms with Crippen molar-refractivity contribution in [2.45, 2.75) is 19.4 Å². The van der Waals surface area contributed by atoms with E-state index in [0.29, 0.717) is 18.1 Å². The van der Waals surface area contributed by atoms with Crippen molar-refractivity contribution in [3.05, 3.63) is 64.2 Å². The Morgan fingerprint density at radius 3 is 2.84 bits per heavy atom. The van der Waals surface area contributed by atoms with E-state index in [1.54, 1.807) is 0 Å². The summed E-state index contributed by atoms with van der Waals surface area (Å²) < 4.78 is 5.71. The number of benzene rings is 2. The van der Waals surface area contributed by atoms with Gasteiger partial charge in [-0.25, -0.2) is 0 Å². The molecule has 1 aliphatic carbocycles. The lowest BCUT2D eigenvalue weighted by atomic mass is 10.1. The van der Waals surface area contributed by atoms with Crippen LogP contribution in [0.15, 0.2) is 42.5 Å². The van der Waals surface area contributed by atoms with Gasteiger partial charge in [0.25, 0.3) is 0 Å². The Morgan fingerprint density at radius 1 is 1.11 bits per heavy atom. The molecule has 3 rings (SSSR count). The van der Waals surface area contributed by atoms with Gasteiger partial charge in [0.15, 0.2) is 5.78 Å². The van der Waals surface area contributed by atoms with Crippen LogP contribution in [-0.2, 0) is 13.0 Å². The van der Waals surface area contributed by atoms with E-state index in [2.05, 4.69) is 0 Å². The number of aryl methyl sites for hydroxylation is 1. The van der Waals surface area contributed by atoms with Gasteiger partial charge in [-0.05, 0) is 41.8 Å². The number of ketones is 1. The number of Topliss-reactive ketones (excluding diaryl/α,β-unsaturated/α-hetero) is 1. The van der Waals surface area contributed by atoms with Gasteiger partial charge in [-0.3, -0.25) is 4.79 Å². The number of rotatable bonds is 3. The lowest BCUT2D eigenvalue weighted by molar-refractivity contribution is 0.0994. The van der Waals surface area contributed by atoms with Gasteiger partial charge in [-0.15, -0.1) is 0 Å². The zero-order valence-electron chi connectivity index (χ0n) is 10.4. The fourth-order valence-corrected chi connectivity index (χ4v) is 2.51. The average Bonchev–Trinajstić information content (AvgIpc) is 2.78. The summed E-state index contributed by atoms with van der Waals surface area (Å²) in [7, 11) is 0. The minimum atomic E-state index is 0.211. The summed E-state index contributed by atoms with van der Waals surface area (Å²) in [6, 6.07) is 13.3. The van der Waals surface area contributed by atoms with Crippen LogP contribution in [0.5, 0.6) is 5.75 Å². The van der Waals surface area contributed by atoms with E-state index in [0.717, 1.165) is 28.9 Å². The fraction of sp³-hybridized carbons (Fsp3) is 0.188. The molecule has 0 heterocycles. The van der Waals surface area contributed by atoms with Crippen molar-refractivity contribution >= 4 is 17.4 Å². The zero-order valence-corrected chi connectivity index (χ0v) is 11.1. The highest BCUT2D eigenvalue weighted by Gasteiger charge is 2.19. The maximum atomic E-state index is 11.7. The molecule has 2 aromatic rings. The summed E-state index contributed by atoms with van der Waals surface area (Å²) in [4.78, 5) is 11.7. The predicted molar refractivity (Wildman–Crippen MR) is 74.9 cm³/mol. The van der Waals surface area contributed by atoms with E-state index in [4.69, 9.17) is 16.3 Å². The standard InChI is InChI=1S/C16H13ClO2/c17-13-3-1-2-11(8-13)10-19-14-6-4-12-5-7-16(18)15(12)9-14/h1-4,6,8-9H,5,7,10H2. The lowest BCUT2D eigenvalue weighted by Gasteiger charge is -2.08. The third-order valence-electron chi connectivity index (χ3n) is 3.30. The second-order valence-corrected chi connectivity index (χ2v) is 5.10. The lowest BCUT2D eigenvalue weighted by Crippen LogP contribution is -1.97.